The molecule has 4 N–H and O–H groups in total. The Morgan fingerprint density at radius 2 is 1.25 bits per heavy atom. The van der Waals surface area contributed by atoms with Crippen molar-refractivity contribution < 1.29 is 28.7 Å². The van der Waals surface area contributed by atoms with E-state index in [-0.39, 0.29) is 49.6 Å². The molecule has 1 aromatic rings. The molecule has 2 atom stereocenters. The molecule has 2 fully saturated rings. The molecule has 4 amide bonds. The number of benzene rings is 1. The summed E-state index contributed by atoms with van der Waals surface area (Å²) in [6.07, 6.45) is 2.57. The van der Waals surface area contributed by atoms with Crippen LogP contribution in [0.4, 0.5) is 11.4 Å². The number of carbonyl (C=O) groups excluding carboxylic acids is 4. The lowest BCUT2D eigenvalue weighted by Crippen LogP contribution is -2.36. The van der Waals surface area contributed by atoms with Crippen molar-refractivity contribution >= 4 is 35.0 Å². The summed E-state index contributed by atoms with van der Waals surface area (Å²) >= 11 is 0. The molecular weight excluding hydrogens is 416 g/mol. The van der Waals surface area contributed by atoms with Crippen molar-refractivity contribution in [3.8, 4) is 0 Å². The van der Waals surface area contributed by atoms with Crippen LogP contribution in [0.5, 0.6) is 0 Å². The van der Waals surface area contributed by atoms with E-state index in [4.69, 9.17) is 9.47 Å². The van der Waals surface area contributed by atoms with Crippen LogP contribution in [0.3, 0.4) is 0 Å². The van der Waals surface area contributed by atoms with E-state index in [0.717, 1.165) is 12.8 Å². The maximum Gasteiger partial charge on any atom is 0.249 e. The van der Waals surface area contributed by atoms with E-state index in [9.17, 15) is 19.2 Å². The van der Waals surface area contributed by atoms with E-state index in [0.29, 0.717) is 37.4 Å². The molecule has 2 aliphatic heterocycles. The van der Waals surface area contributed by atoms with Crippen LogP contribution < -0.4 is 21.3 Å². The first-order chi connectivity index (χ1) is 15.5. The molecule has 2 unspecified atom stereocenters. The fraction of sp³-hybridized carbons (Fsp3) is 0.545. The van der Waals surface area contributed by atoms with Crippen molar-refractivity contribution in [2.75, 3.05) is 36.9 Å². The third-order valence-corrected chi connectivity index (χ3v) is 5.18. The molecule has 10 heteroatoms. The Labute approximate surface area is 186 Å². The van der Waals surface area contributed by atoms with Gasteiger partial charge in [-0.1, -0.05) is 6.07 Å². The zero-order chi connectivity index (χ0) is 22.8. The van der Waals surface area contributed by atoms with Gasteiger partial charge >= 0.3 is 0 Å². The number of carbonyl (C=O) groups is 4. The van der Waals surface area contributed by atoms with Gasteiger partial charge in [-0.3, -0.25) is 19.2 Å². The van der Waals surface area contributed by atoms with Crippen molar-refractivity contribution in [1.82, 2.24) is 10.6 Å². The van der Waals surface area contributed by atoms with Crippen molar-refractivity contribution in [3.05, 3.63) is 24.3 Å². The molecule has 2 aliphatic rings. The van der Waals surface area contributed by atoms with E-state index in [1.165, 1.54) is 0 Å². The minimum atomic E-state index is -0.414. The highest BCUT2D eigenvalue weighted by atomic mass is 16.5. The van der Waals surface area contributed by atoms with Crippen LogP contribution in [-0.4, -0.2) is 62.1 Å². The van der Waals surface area contributed by atoms with Crippen LogP contribution in [0.25, 0.3) is 0 Å². The maximum atomic E-state index is 12.1. The number of hydrogen-bond acceptors (Lipinski definition) is 6. The molecule has 0 radical (unpaired) electrons. The fourth-order valence-electron chi connectivity index (χ4n) is 3.52. The lowest BCUT2D eigenvalue weighted by molar-refractivity contribution is -0.130. The molecule has 0 spiro atoms. The quantitative estimate of drug-likeness (QED) is 0.422. The van der Waals surface area contributed by atoms with Gasteiger partial charge < -0.3 is 30.7 Å². The van der Waals surface area contributed by atoms with Gasteiger partial charge in [-0.2, -0.15) is 0 Å². The first-order valence-corrected chi connectivity index (χ1v) is 11.0. The predicted molar refractivity (Wildman–Crippen MR) is 117 cm³/mol. The Bertz CT molecular complexity index is 755. The molecular formula is C22H30N4O6. The SMILES string of the molecule is O=C(CCNC(=O)C1CCCO1)Nc1cccc(NC(=O)CCNC(=O)C2CCCO2)c1. The number of amides is 4. The predicted octanol–water partition coefficient (Wildman–Crippen LogP) is 0.934. The van der Waals surface area contributed by atoms with Crippen molar-refractivity contribution in [2.45, 2.75) is 50.7 Å². The molecule has 0 aliphatic carbocycles. The molecule has 1 aromatic carbocycles. The summed E-state index contributed by atoms with van der Waals surface area (Å²) in [5, 5.41) is 10.9. The van der Waals surface area contributed by atoms with Crippen LogP contribution in [0.2, 0.25) is 0 Å². The van der Waals surface area contributed by atoms with Crippen molar-refractivity contribution in [1.29, 1.82) is 0 Å². The van der Waals surface area contributed by atoms with Crippen LogP contribution in [0, 0.1) is 0 Å². The summed E-state index contributed by atoms with van der Waals surface area (Å²) in [6, 6.07) is 6.77. The van der Waals surface area contributed by atoms with Crippen molar-refractivity contribution in [3.63, 3.8) is 0 Å². The summed E-state index contributed by atoms with van der Waals surface area (Å²) in [4.78, 5) is 48.0. The monoisotopic (exact) mass is 446 g/mol. The average Bonchev–Trinajstić information content (AvgIpc) is 3.48. The molecule has 174 valence electrons. The standard InChI is InChI=1S/C22H30N4O6/c27-19(8-10-23-21(29)17-6-2-12-31-17)25-15-4-1-5-16(14-15)26-20(28)9-11-24-22(30)18-7-3-13-32-18/h1,4-5,14,17-18H,2-3,6-13H2,(H,23,29)(H,24,30)(H,25,27)(H,26,28). The lowest BCUT2D eigenvalue weighted by atomic mass is 10.2. The van der Waals surface area contributed by atoms with Gasteiger partial charge in [-0.25, -0.2) is 0 Å². The van der Waals surface area contributed by atoms with Gasteiger partial charge in [0.25, 0.3) is 0 Å². The molecule has 10 nitrogen and oxygen atoms in total. The Morgan fingerprint density at radius 1 is 0.781 bits per heavy atom. The van der Waals surface area contributed by atoms with Gasteiger partial charge in [0.1, 0.15) is 12.2 Å². The summed E-state index contributed by atoms with van der Waals surface area (Å²) in [7, 11) is 0. The van der Waals surface area contributed by atoms with E-state index in [2.05, 4.69) is 21.3 Å². The lowest BCUT2D eigenvalue weighted by Gasteiger charge is -2.12. The Morgan fingerprint density at radius 3 is 1.66 bits per heavy atom. The zero-order valence-electron chi connectivity index (χ0n) is 18.0. The summed E-state index contributed by atoms with van der Waals surface area (Å²) in [5.74, 6) is -0.880. The van der Waals surface area contributed by atoms with Crippen LogP contribution in [-0.2, 0) is 28.7 Å². The number of hydrogen-bond donors (Lipinski definition) is 4. The minimum absolute atomic E-state index is 0.124. The largest absolute Gasteiger partial charge is 0.368 e. The molecule has 32 heavy (non-hydrogen) atoms. The zero-order valence-corrected chi connectivity index (χ0v) is 18.0. The highest BCUT2D eigenvalue weighted by Crippen LogP contribution is 2.16. The second-order valence-electron chi connectivity index (χ2n) is 7.76. The second-order valence-corrected chi connectivity index (χ2v) is 7.76. The number of rotatable bonds is 10. The summed E-state index contributed by atoms with van der Waals surface area (Å²) < 4.78 is 10.6. The van der Waals surface area contributed by atoms with Gasteiger partial charge in [0.2, 0.25) is 23.6 Å². The van der Waals surface area contributed by atoms with E-state index in [1.54, 1.807) is 24.3 Å². The van der Waals surface area contributed by atoms with Crippen LogP contribution in [0.15, 0.2) is 24.3 Å². The Hall–Kier alpha value is -2.98. The van der Waals surface area contributed by atoms with E-state index < -0.39 is 12.2 Å². The van der Waals surface area contributed by atoms with Gasteiger partial charge in [0.05, 0.1) is 0 Å². The minimum Gasteiger partial charge on any atom is -0.368 e. The third kappa shape index (κ3) is 7.61. The smallest absolute Gasteiger partial charge is 0.249 e. The summed E-state index contributed by atoms with van der Waals surface area (Å²) in [5.41, 5.74) is 1.06. The highest BCUT2D eigenvalue weighted by Gasteiger charge is 2.24. The molecule has 0 saturated carbocycles. The highest BCUT2D eigenvalue weighted by molar-refractivity contribution is 5.94. The summed E-state index contributed by atoms with van der Waals surface area (Å²) in [6.45, 7) is 1.63. The van der Waals surface area contributed by atoms with E-state index in [1.807, 2.05) is 0 Å². The van der Waals surface area contributed by atoms with Crippen LogP contribution in [0.1, 0.15) is 38.5 Å². The third-order valence-electron chi connectivity index (χ3n) is 5.18. The van der Waals surface area contributed by atoms with Gasteiger partial charge in [0.15, 0.2) is 0 Å². The molecule has 0 bridgehead atoms. The Kier molecular flexibility index (Phi) is 9.00. The number of anilines is 2. The topological polar surface area (TPSA) is 135 Å². The maximum absolute atomic E-state index is 12.1. The molecule has 0 aromatic heterocycles. The Balaban J connectivity index is 1.34. The normalized spacial score (nSPS) is 19.9. The molecule has 2 saturated heterocycles. The molecule has 2 heterocycles. The number of nitrogens with one attached hydrogen (secondary N) is 4. The van der Waals surface area contributed by atoms with Gasteiger partial charge in [0, 0.05) is 50.5 Å². The molecule has 3 rings (SSSR count). The van der Waals surface area contributed by atoms with E-state index >= 15 is 0 Å². The van der Waals surface area contributed by atoms with Gasteiger partial charge in [-0.05, 0) is 43.9 Å². The average molecular weight is 447 g/mol. The first kappa shape index (κ1) is 23.7. The van der Waals surface area contributed by atoms with Crippen LogP contribution >= 0.6 is 0 Å². The second kappa shape index (κ2) is 12.2. The van der Waals surface area contributed by atoms with Crippen molar-refractivity contribution in [2.24, 2.45) is 0 Å². The fourth-order valence-corrected chi connectivity index (χ4v) is 3.52. The number of ether oxygens (including phenoxy) is 2. The first-order valence-electron chi connectivity index (χ1n) is 11.0. The van der Waals surface area contributed by atoms with Gasteiger partial charge in [-0.15, -0.1) is 0 Å².